The number of aryl methyl sites for hydroxylation is 1. The quantitative estimate of drug-likeness (QED) is 0.480. The van der Waals surface area contributed by atoms with Gasteiger partial charge in [-0.1, -0.05) is 30.3 Å². The van der Waals surface area contributed by atoms with Crippen molar-refractivity contribution in [1.82, 2.24) is 0 Å². The molecule has 0 saturated carbocycles. The summed E-state index contributed by atoms with van der Waals surface area (Å²) in [4.78, 5) is 0. The van der Waals surface area contributed by atoms with Crippen molar-refractivity contribution in [2.24, 2.45) is 5.73 Å². The van der Waals surface area contributed by atoms with E-state index in [9.17, 15) is 4.39 Å². The first-order valence-corrected chi connectivity index (χ1v) is 10.9. The molecule has 0 aliphatic carbocycles. The molecule has 1 unspecified atom stereocenters. The molecule has 3 N–H and O–H groups in total. The topological polar surface area (TPSA) is 47.3 Å². The Bertz CT molecular complexity index is 1230. The number of nitrogens with one attached hydrogen (secondary N) is 1. The zero-order chi connectivity index (χ0) is 23.2. The summed E-state index contributed by atoms with van der Waals surface area (Å²) in [6.45, 7) is 10.7. The van der Waals surface area contributed by atoms with Crippen LogP contribution in [0.15, 0.2) is 54.6 Å². The molecule has 0 radical (unpaired) electrons. The lowest BCUT2D eigenvalue weighted by Crippen LogP contribution is -2.32. The minimum atomic E-state index is -0.360. The lowest BCUT2D eigenvalue weighted by molar-refractivity contribution is 0.413. The van der Waals surface area contributed by atoms with Crippen LogP contribution in [-0.2, 0) is 0 Å². The van der Waals surface area contributed by atoms with Gasteiger partial charge in [-0.2, -0.15) is 0 Å². The predicted molar refractivity (Wildman–Crippen MR) is 132 cm³/mol. The van der Waals surface area contributed by atoms with Crippen LogP contribution in [0.2, 0.25) is 0 Å². The van der Waals surface area contributed by atoms with E-state index < -0.39 is 0 Å². The molecule has 1 atom stereocenters. The van der Waals surface area contributed by atoms with Gasteiger partial charge in [0.05, 0.1) is 18.7 Å². The maximum absolute atomic E-state index is 14.0. The van der Waals surface area contributed by atoms with Crippen LogP contribution in [0.1, 0.15) is 54.6 Å². The first kappa shape index (κ1) is 22.1. The summed E-state index contributed by atoms with van der Waals surface area (Å²) in [5.74, 6) is 0.161. The Hall–Kier alpha value is -3.11. The van der Waals surface area contributed by atoms with Gasteiger partial charge in [0.1, 0.15) is 11.6 Å². The Kier molecular flexibility index (Phi) is 5.59. The van der Waals surface area contributed by atoms with Gasteiger partial charge < -0.3 is 15.8 Å². The molecule has 1 aliphatic heterocycles. The second-order valence-corrected chi connectivity index (χ2v) is 9.23. The molecule has 3 aromatic rings. The molecule has 1 aliphatic rings. The highest BCUT2D eigenvalue weighted by atomic mass is 19.1. The number of rotatable bonds is 4. The van der Waals surface area contributed by atoms with Crippen LogP contribution >= 0.6 is 0 Å². The Morgan fingerprint density at radius 1 is 1.00 bits per heavy atom. The van der Waals surface area contributed by atoms with Crippen molar-refractivity contribution in [2.75, 3.05) is 12.4 Å². The highest BCUT2D eigenvalue weighted by Crippen LogP contribution is 2.45. The van der Waals surface area contributed by atoms with E-state index in [-0.39, 0.29) is 17.4 Å². The summed E-state index contributed by atoms with van der Waals surface area (Å²) in [5.41, 5.74) is 16.4. The fourth-order valence-electron chi connectivity index (χ4n) is 4.86. The van der Waals surface area contributed by atoms with Gasteiger partial charge in [-0.3, -0.25) is 0 Å². The van der Waals surface area contributed by atoms with Crippen LogP contribution in [0.3, 0.4) is 0 Å². The second kappa shape index (κ2) is 8.10. The lowest BCUT2D eigenvalue weighted by Gasteiger charge is -2.35. The van der Waals surface area contributed by atoms with Gasteiger partial charge in [0.25, 0.3) is 0 Å². The first-order chi connectivity index (χ1) is 15.1. The minimum absolute atomic E-state index is 0.160. The van der Waals surface area contributed by atoms with Gasteiger partial charge in [0.2, 0.25) is 0 Å². The number of hydrogen-bond donors (Lipinski definition) is 2. The molecule has 32 heavy (non-hydrogen) atoms. The number of allylic oxidation sites excluding steroid dienone is 1. The Balaban J connectivity index is 2.05. The van der Waals surface area contributed by atoms with Crippen LogP contribution in [0.4, 0.5) is 10.1 Å². The molecular formula is C28H31FN2O. The highest BCUT2D eigenvalue weighted by Gasteiger charge is 2.29. The van der Waals surface area contributed by atoms with Crippen molar-refractivity contribution >= 4 is 11.3 Å². The van der Waals surface area contributed by atoms with Crippen molar-refractivity contribution in [3.63, 3.8) is 0 Å². The maximum atomic E-state index is 14.0. The fraction of sp³-hybridized carbons (Fsp3) is 0.286. The third-order valence-electron chi connectivity index (χ3n) is 6.42. The SMILES string of the molecule is COc1cc(F)ccc1-c1ccc2c(c1C(N)c1cccc(C)c1C)C(C)=CC(C)(C)N2. The number of halogens is 1. The van der Waals surface area contributed by atoms with Gasteiger partial charge in [-0.25, -0.2) is 4.39 Å². The Labute approximate surface area is 190 Å². The number of nitrogens with two attached hydrogens (primary N) is 1. The van der Waals surface area contributed by atoms with E-state index >= 15 is 0 Å². The molecule has 0 spiro atoms. The van der Waals surface area contributed by atoms with Crippen LogP contribution < -0.4 is 15.8 Å². The second-order valence-electron chi connectivity index (χ2n) is 9.23. The summed E-state index contributed by atoms with van der Waals surface area (Å²) < 4.78 is 19.5. The monoisotopic (exact) mass is 430 g/mol. The standard InChI is InChI=1S/C28H31FN2O/c1-16-8-7-9-20(18(16)3)27(30)26-22(21-11-10-19(29)14-24(21)32-6)12-13-23-25(26)17(2)15-28(4,5)31-23/h7-15,27,31H,30H2,1-6H3. The molecule has 0 fully saturated rings. The third-order valence-corrected chi connectivity index (χ3v) is 6.42. The summed E-state index contributed by atoms with van der Waals surface area (Å²) in [7, 11) is 1.57. The largest absolute Gasteiger partial charge is 0.496 e. The molecule has 3 aromatic carbocycles. The normalized spacial score (nSPS) is 15.4. The van der Waals surface area contributed by atoms with Crippen LogP contribution in [-0.4, -0.2) is 12.6 Å². The zero-order valence-electron chi connectivity index (χ0n) is 19.6. The number of fused-ring (bicyclic) bond motifs is 1. The van der Waals surface area contributed by atoms with E-state index in [4.69, 9.17) is 10.5 Å². The van der Waals surface area contributed by atoms with Gasteiger partial charge in [0, 0.05) is 22.9 Å². The molecule has 0 amide bonds. The average molecular weight is 431 g/mol. The third kappa shape index (κ3) is 3.80. The molecule has 0 aromatic heterocycles. The summed E-state index contributed by atoms with van der Waals surface area (Å²) >= 11 is 0. The van der Waals surface area contributed by atoms with Gasteiger partial charge in [-0.05, 0) is 86.2 Å². The molecule has 4 rings (SSSR count). The number of hydrogen-bond acceptors (Lipinski definition) is 3. The smallest absolute Gasteiger partial charge is 0.129 e. The summed E-state index contributed by atoms with van der Waals surface area (Å²) in [5, 5.41) is 3.63. The van der Waals surface area contributed by atoms with Crippen LogP contribution in [0.25, 0.3) is 16.7 Å². The van der Waals surface area contributed by atoms with Crippen molar-refractivity contribution in [1.29, 1.82) is 0 Å². The Morgan fingerprint density at radius 2 is 1.72 bits per heavy atom. The van der Waals surface area contributed by atoms with Gasteiger partial charge in [-0.15, -0.1) is 0 Å². The summed E-state index contributed by atoms with van der Waals surface area (Å²) in [6.07, 6.45) is 2.24. The molecule has 3 nitrogen and oxygen atoms in total. The van der Waals surface area contributed by atoms with Crippen LogP contribution in [0, 0.1) is 19.7 Å². The van der Waals surface area contributed by atoms with Gasteiger partial charge >= 0.3 is 0 Å². The lowest BCUT2D eigenvalue weighted by atomic mass is 9.80. The average Bonchev–Trinajstić information content (AvgIpc) is 2.73. The number of anilines is 1. The van der Waals surface area contributed by atoms with Crippen molar-refractivity contribution < 1.29 is 9.13 Å². The maximum Gasteiger partial charge on any atom is 0.129 e. The summed E-state index contributed by atoms with van der Waals surface area (Å²) in [6, 6.07) is 14.7. The molecule has 166 valence electrons. The predicted octanol–water partition coefficient (Wildman–Crippen LogP) is 6.77. The van der Waals surface area contributed by atoms with E-state index in [1.165, 1.54) is 28.8 Å². The van der Waals surface area contributed by atoms with Crippen LogP contribution in [0.5, 0.6) is 5.75 Å². The number of benzene rings is 3. The van der Waals surface area contributed by atoms with Crippen molar-refractivity contribution in [3.05, 3.63) is 88.2 Å². The van der Waals surface area contributed by atoms with E-state index in [2.05, 4.69) is 76.3 Å². The van der Waals surface area contributed by atoms with E-state index in [0.717, 1.165) is 33.5 Å². The highest BCUT2D eigenvalue weighted by molar-refractivity contribution is 5.89. The van der Waals surface area contributed by atoms with E-state index in [0.29, 0.717) is 5.75 Å². The minimum Gasteiger partial charge on any atom is -0.496 e. The number of methoxy groups -OCH3 is 1. The molecule has 4 heteroatoms. The van der Waals surface area contributed by atoms with Gasteiger partial charge in [0.15, 0.2) is 0 Å². The zero-order valence-corrected chi connectivity index (χ0v) is 19.6. The van der Waals surface area contributed by atoms with E-state index in [1.54, 1.807) is 13.2 Å². The van der Waals surface area contributed by atoms with E-state index in [1.807, 2.05) is 0 Å². The first-order valence-electron chi connectivity index (χ1n) is 10.9. The Morgan fingerprint density at radius 3 is 2.44 bits per heavy atom. The molecule has 1 heterocycles. The van der Waals surface area contributed by atoms with Crippen molar-refractivity contribution in [2.45, 2.75) is 46.2 Å². The molecule has 0 bridgehead atoms. The molecule has 0 saturated heterocycles. The molecular weight excluding hydrogens is 399 g/mol. The fourth-order valence-corrected chi connectivity index (χ4v) is 4.86. The van der Waals surface area contributed by atoms with Crippen molar-refractivity contribution in [3.8, 4) is 16.9 Å². The number of ether oxygens (including phenoxy) is 1.